The first-order chi connectivity index (χ1) is 35.5. The molecule has 0 saturated carbocycles. The summed E-state index contributed by atoms with van der Waals surface area (Å²) >= 11 is 7.39. The third kappa shape index (κ3) is 19.3. The number of nitrogens with two attached hydrogens (primary N) is 2. The maximum absolute atomic E-state index is 12.3. The first-order valence-electron chi connectivity index (χ1n) is 24.9. The minimum absolute atomic E-state index is 0. The Balaban J connectivity index is 0.000000260. The number of carboxylic acid groups (broad SMARTS) is 1. The van der Waals surface area contributed by atoms with E-state index in [2.05, 4.69) is 114 Å². The number of halogens is 4. The van der Waals surface area contributed by atoms with Gasteiger partial charge in [0, 0.05) is 45.1 Å². The second-order valence-electron chi connectivity index (χ2n) is 19.2. The molecule has 0 radical (unpaired) electrons. The van der Waals surface area contributed by atoms with E-state index in [4.69, 9.17) is 15.1 Å². The molecule has 1 fully saturated rings. The number of carboxylic acids is 1. The summed E-state index contributed by atoms with van der Waals surface area (Å²) in [7, 11) is 0. The number of nitrogens with one attached hydrogen (secondary N) is 2. The summed E-state index contributed by atoms with van der Waals surface area (Å²) in [6.45, 7) is 14.0. The molecule has 4 atom stereocenters. The second kappa shape index (κ2) is 29.4. The Morgan fingerprint density at radius 2 is 1.11 bits per heavy atom. The molecule has 16 nitrogen and oxygen atoms in total. The standard InChI is InChI=1S/C15H20N2O3.C15H19NO4.C11H12N2O.C10H14N2.4HI.H3N.V/c1-15(2,3)20-14(19)17-9-11-7-5-4-6-10(11)8-12(17)13(16)18;1-15(2,3)20-14(19)16-9-11-7-5-4-6-10(11)8-12(16)13(17)18;14-11-12-6-10-5-8-3-1-2-4-9(8)7-13(10)11;11-6-10-5-8-3-1-2-4-9(8)7-12-10;;;;;;/h4-7,12H,8-9H2,1-3H3,(H2,16,18);4-7,12H,8-9H2,1-3H3,(H,17,18);1-4,10H,5-7H2,(H,12,14);1-4,10,12H,5-7,11H2;4*1H;1H3;/q;;;;;;;;;+3/p-3/t;;;10-;;;;;;/m...1....../s1/i/hD4. The number of primary amides is 1. The molecule has 0 spiro atoms. The van der Waals surface area contributed by atoms with Crippen molar-refractivity contribution in [3.8, 4) is 0 Å². The van der Waals surface area contributed by atoms with E-state index in [1.165, 1.54) is 32.1 Å². The van der Waals surface area contributed by atoms with Crippen LogP contribution in [0.25, 0.3) is 0 Å². The van der Waals surface area contributed by atoms with Gasteiger partial charge in [-0.25, -0.2) is 19.2 Å². The van der Waals surface area contributed by atoms with Crippen LogP contribution in [-0.4, -0.2) is 98.4 Å². The average molecular weight is 1480 g/mol. The molecule has 5 aliphatic heterocycles. The number of hydrogen-bond donors (Lipinski definition) is 6. The van der Waals surface area contributed by atoms with E-state index in [1.54, 1.807) is 46.4 Å². The van der Waals surface area contributed by atoms with Crippen molar-refractivity contribution < 1.29 is 49.1 Å². The number of hydrogen-bond acceptors (Lipinski definition) is 10. The van der Waals surface area contributed by atoms with Crippen molar-refractivity contribution in [2.75, 3.05) is 13.1 Å². The Kier molecular flexibility index (Phi) is 23.1. The van der Waals surface area contributed by atoms with Crippen molar-refractivity contribution in [3.05, 3.63) is 142 Å². The molecule has 5 aliphatic rings. The Hall–Kier alpha value is -2.99. The molecule has 0 bridgehead atoms. The Morgan fingerprint density at radius 1 is 0.708 bits per heavy atom. The van der Waals surface area contributed by atoms with Crippen LogP contribution in [0.5, 0.6) is 0 Å². The fourth-order valence-electron chi connectivity index (χ4n) is 8.44. The van der Waals surface area contributed by atoms with Crippen molar-refractivity contribution in [3.63, 3.8) is 0 Å². The van der Waals surface area contributed by atoms with Crippen LogP contribution < -0.4 is 28.2 Å². The van der Waals surface area contributed by atoms with Crippen LogP contribution in [0.3, 0.4) is 0 Å². The van der Waals surface area contributed by atoms with Gasteiger partial charge in [-0.1, -0.05) is 97.1 Å². The molecule has 0 aromatic heterocycles. The number of rotatable bonds is 4. The number of carbonyl (C=O) groups is 5. The Morgan fingerprint density at radius 3 is 1.56 bits per heavy atom. The minimum atomic E-state index is -1.01. The molecule has 0 aliphatic carbocycles. The van der Waals surface area contributed by atoms with Crippen LogP contribution in [0.1, 0.15) is 86.1 Å². The van der Waals surface area contributed by atoms with E-state index in [-0.39, 0.29) is 47.5 Å². The Bertz CT molecular complexity index is 2550. The summed E-state index contributed by atoms with van der Waals surface area (Å²) in [5.41, 5.74) is 12.4. The molecule has 1 saturated heterocycles. The summed E-state index contributed by atoms with van der Waals surface area (Å²) in [4.78, 5) is 63.6. The summed E-state index contributed by atoms with van der Waals surface area (Å²) in [5.74, 6) is -1.51. The predicted molar refractivity (Wildman–Crippen MR) is 313 cm³/mol. The quantitative estimate of drug-likeness (QED) is 0.105. The zero-order valence-electron chi connectivity index (χ0n) is 45.3. The molecule has 3 unspecified atom stereocenters. The zero-order chi connectivity index (χ0) is 55.6. The van der Waals surface area contributed by atoms with Crippen molar-refractivity contribution in [1.29, 1.82) is 0 Å². The first-order valence-corrected chi connectivity index (χ1v) is 36.4. The SMILES string of the molecule is CC(C)(C)OC(=O)N1Cc2ccccc2CC1C(=O)O.I.[2H]N.[2H]N1CC2Cc3ccccc3CN2C1=O.[2H]NC(=O)C1Cc2ccccc2CN1C(=O)OC(C)(C)C.[2H]NC[C@H]1Cc2ccccc2CN1.[I][V]([I])[I]. The molecule has 72 heavy (non-hydrogen) atoms. The van der Waals surface area contributed by atoms with E-state index < -0.39 is 47.3 Å². The molecule has 394 valence electrons. The van der Waals surface area contributed by atoms with Gasteiger partial charge in [0.15, 0.2) is 2.82 Å². The molecule has 21 heteroatoms. The van der Waals surface area contributed by atoms with Gasteiger partial charge >= 0.3 is 89.0 Å². The molecule has 5 heterocycles. The van der Waals surface area contributed by atoms with Gasteiger partial charge in [-0.05, 0) is 98.9 Å². The van der Waals surface area contributed by atoms with Crippen LogP contribution >= 0.6 is 83.9 Å². The van der Waals surface area contributed by atoms with E-state index in [0.29, 0.717) is 45.1 Å². The van der Waals surface area contributed by atoms with Gasteiger partial charge in [-0.2, -0.15) is 0 Å². The van der Waals surface area contributed by atoms with Gasteiger partial charge in [0.2, 0.25) is 5.91 Å². The van der Waals surface area contributed by atoms with Crippen molar-refractivity contribution in [1.82, 2.24) is 31.5 Å². The molecule has 5 amide bonds. The van der Waals surface area contributed by atoms with Gasteiger partial charge in [-0.15, -0.1) is 24.0 Å². The van der Waals surface area contributed by atoms with Crippen LogP contribution in [0, 0.1) is 0 Å². The van der Waals surface area contributed by atoms with Crippen molar-refractivity contribution in [2.45, 2.75) is 129 Å². The maximum atomic E-state index is 12.3. The molecule has 9 rings (SSSR count). The average Bonchev–Trinajstić information content (AvgIpc) is 3.65. The molecular formula is C51H69I4N8O8V. The normalized spacial score (nSPS) is 19.8. The summed E-state index contributed by atoms with van der Waals surface area (Å²) in [6.07, 6.45) is 5.24. The van der Waals surface area contributed by atoms with E-state index in [1.807, 2.05) is 66.4 Å². The summed E-state index contributed by atoms with van der Waals surface area (Å²) in [5, 5.41) is 13.8. The number of aliphatic carboxylic acids is 1. The Labute approximate surface area is 484 Å². The number of fused-ring (bicyclic) bond motifs is 5. The van der Waals surface area contributed by atoms with E-state index in [0.717, 1.165) is 47.0 Å². The molecule has 4 aromatic carbocycles. The molecular weight excluding hydrogens is 1410 g/mol. The van der Waals surface area contributed by atoms with Gasteiger partial charge in [-0.3, -0.25) is 14.6 Å². The number of ether oxygens (including phenoxy) is 2. The number of amides is 5. The van der Waals surface area contributed by atoms with Crippen LogP contribution in [0.2, 0.25) is 5.65 Å². The number of urea groups is 1. The first kappa shape index (κ1) is 56.7. The van der Waals surface area contributed by atoms with Gasteiger partial charge in [0.05, 0.1) is 19.1 Å². The van der Waals surface area contributed by atoms with Gasteiger partial charge < -0.3 is 47.7 Å². The van der Waals surface area contributed by atoms with Gasteiger partial charge in [0.1, 0.15) is 26.1 Å². The predicted octanol–water partition coefficient (Wildman–Crippen LogP) is 9.50. The second-order valence-corrected chi connectivity index (χ2v) is 54.6. The number of benzene rings is 4. The molecule has 4 aromatic rings. The van der Waals surface area contributed by atoms with E-state index in [9.17, 15) is 29.1 Å². The fourth-order valence-corrected chi connectivity index (χ4v) is 8.44. The van der Waals surface area contributed by atoms with Crippen molar-refractivity contribution >= 4 is 114 Å². The van der Waals surface area contributed by atoms with E-state index >= 15 is 0 Å². The number of carbonyl (C=O) groups excluding carboxylic acids is 4. The summed E-state index contributed by atoms with van der Waals surface area (Å²) < 4.78 is 37.4. The topological polar surface area (TPSA) is 245 Å². The molecule has 10 N–H and O–H groups in total. The van der Waals surface area contributed by atoms with Crippen LogP contribution in [0.4, 0.5) is 14.4 Å². The monoisotopic (exact) mass is 1480 g/mol. The van der Waals surface area contributed by atoms with Crippen LogP contribution in [-0.2, 0) is 75.8 Å². The third-order valence-electron chi connectivity index (χ3n) is 11.8. The van der Waals surface area contributed by atoms with Crippen molar-refractivity contribution in [2.24, 2.45) is 11.5 Å². The van der Waals surface area contributed by atoms with Gasteiger partial charge in [0.25, 0.3) is 0 Å². The summed E-state index contributed by atoms with van der Waals surface area (Å²) in [6, 6.07) is 30.8. The number of nitrogens with zero attached hydrogens (tertiary/aromatic N) is 3. The third-order valence-corrected chi connectivity index (χ3v) is 11.8. The fraction of sp³-hybridized carbons (Fsp3) is 0.431. The zero-order valence-corrected chi connectivity index (χ0v) is 51.5. The van der Waals surface area contributed by atoms with Crippen LogP contribution in [0.15, 0.2) is 97.1 Å².